The summed E-state index contributed by atoms with van der Waals surface area (Å²) in [5.41, 5.74) is 6.09. The SMILES string of the molecule is CC(C)CCC[C@@H](C)C1CC=C2C3=C(CC[C@@]21C)[C@@]1(C)CC[C@H](O)C(C)(C)[C@@H]1CC3. The second-order valence-electron chi connectivity index (χ2n) is 13.0. The molecule has 4 aliphatic rings. The summed E-state index contributed by atoms with van der Waals surface area (Å²) < 4.78 is 0. The molecule has 1 N–H and O–H groups in total. The first-order chi connectivity index (χ1) is 14.0. The average Bonchev–Trinajstić information content (AvgIpc) is 3.02. The molecule has 1 saturated carbocycles. The van der Waals surface area contributed by atoms with Crippen LogP contribution in [0.15, 0.2) is 22.8 Å². The van der Waals surface area contributed by atoms with Crippen molar-refractivity contribution in [2.45, 2.75) is 119 Å². The predicted molar refractivity (Wildman–Crippen MR) is 128 cm³/mol. The second-order valence-corrected chi connectivity index (χ2v) is 13.0. The van der Waals surface area contributed by atoms with Crippen LogP contribution in [0.5, 0.6) is 0 Å². The Bertz CT molecular complexity index is 725. The molecular weight excluding hydrogens is 364 g/mol. The zero-order valence-electron chi connectivity index (χ0n) is 21.0. The molecule has 4 rings (SSSR count). The molecule has 170 valence electrons. The number of rotatable bonds is 5. The van der Waals surface area contributed by atoms with Gasteiger partial charge in [0.2, 0.25) is 0 Å². The molecule has 1 unspecified atom stereocenters. The van der Waals surface area contributed by atoms with Crippen LogP contribution in [-0.2, 0) is 0 Å². The van der Waals surface area contributed by atoms with Crippen molar-refractivity contribution < 1.29 is 5.11 Å². The van der Waals surface area contributed by atoms with Gasteiger partial charge in [-0.15, -0.1) is 0 Å². The minimum absolute atomic E-state index is 0.0454. The smallest absolute Gasteiger partial charge is 0.0594 e. The van der Waals surface area contributed by atoms with E-state index in [4.69, 9.17) is 0 Å². The quantitative estimate of drug-likeness (QED) is 0.483. The first-order valence-electron chi connectivity index (χ1n) is 13.1. The maximum Gasteiger partial charge on any atom is 0.0594 e. The lowest BCUT2D eigenvalue weighted by molar-refractivity contribution is -0.0905. The fourth-order valence-electron chi connectivity index (χ4n) is 8.63. The molecule has 1 heteroatoms. The van der Waals surface area contributed by atoms with Crippen molar-refractivity contribution in [2.24, 2.45) is 39.9 Å². The van der Waals surface area contributed by atoms with Gasteiger partial charge in [-0.25, -0.2) is 0 Å². The summed E-state index contributed by atoms with van der Waals surface area (Å²) in [5, 5.41) is 10.8. The monoisotopic (exact) mass is 412 g/mol. The van der Waals surface area contributed by atoms with Crippen LogP contribution in [-0.4, -0.2) is 11.2 Å². The summed E-state index contributed by atoms with van der Waals surface area (Å²) in [7, 11) is 0. The Balaban J connectivity index is 1.58. The van der Waals surface area contributed by atoms with Gasteiger partial charge in [-0.1, -0.05) is 79.4 Å². The summed E-state index contributed by atoms with van der Waals surface area (Å²) in [4.78, 5) is 0. The standard InChI is InChI=1S/C29H48O/c1-19(2)9-8-10-20(3)22-12-13-23-21-11-14-25-27(4,5)26(30)16-18-29(25,7)24(21)15-17-28(22,23)6/h13,19-20,22,25-26,30H,8-12,14-18H2,1-7H3/t20-,22?,25+,26+,28-,29-/m1/s1. The molecule has 30 heavy (non-hydrogen) atoms. The highest BCUT2D eigenvalue weighted by molar-refractivity contribution is 5.49. The van der Waals surface area contributed by atoms with E-state index in [2.05, 4.69) is 54.5 Å². The molecule has 1 fully saturated rings. The van der Waals surface area contributed by atoms with E-state index in [0.717, 1.165) is 24.2 Å². The molecule has 0 saturated heterocycles. The Kier molecular flexibility index (Phi) is 5.87. The topological polar surface area (TPSA) is 20.2 Å². The number of aliphatic hydroxyl groups excluding tert-OH is 1. The number of allylic oxidation sites excluding steroid dienone is 4. The predicted octanol–water partition coefficient (Wildman–Crippen LogP) is 8.09. The second kappa shape index (κ2) is 7.79. The van der Waals surface area contributed by atoms with Crippen LogP contribution in [0.4, 0.5) is 0 Å². The number of hydrogen-bond donors (Lipinski definition) is 1. The van der Waals surface area contributed by atoms with Crippen molar-refractivity contribution >= 4 is 0 Å². The normalized spacial score (nSPS) is 41.2. The van der Waals surface area contributed by atoms with Crippen LogP contribution < -0.4 is 0 Å². The molecule has 4 aliphatic carbocycles. The largest absolute Gasteiger partial charge is 0.393 e. The van der Waals surface area contributed by atoms with Crippen molar-refractivity contribution in [3.8, 4) is 0 Å². The average molecular weight is 413 g/mol. The van der Waals surface area contributed by atoms with E-state index in [1.54, 1.807) is 16.7 Å². The van der Waals surface area contributed by atoms with E-state index in [1.807, 2.05) is 0 Å². The Labute approximate surface area is 186 Å². The van der Waals surface area contributed by atoms with E-state index >= 15 is 0 Å². The number of aliphatic hydroxyl groups is 1. The van der Waals surface area contributed by atoms with Crippen LogP contribution in [0.25, 0.3) is 0 Å². The van der Waals surface area contributed by atoms with Crippen molar-refractivity contribution in [1.82, 2.24) is 0 Å². The highest BCUT2D eigenvalue weighted by atomic mass is 16.3. The van der Waals surface area contributed by atoms with Crippen LogP contribution >= 0.6 is 0 Å². The Morgan fingerprint density at radius 3 is 2.40 bits per heavy atom. The van der Waals surface area contributed by atoms with Crippen molar-refractivity contribution in [1.29, 1.82) is 0 Å². The highest BCUT2D eigenvalue weighted by Gasteiger charge is 2.57. The van der Waals surface area contributed by atoms with Gasteiger partial charge in [0.1, 0.15) is 0 Å². The molecule has 0 aromatic heterocycles. The van der Waals surface area contributed by atoms with Gasteiger partial charge >= 0.3 is 0 Å². The summed E-state index contributed by atoms with van der Waals surface area (Å²) in [6, 6.07) is 0. The van der Waals surface area contributed by atoms with E-state index in [9.17, 15) is 5.11 Å². The minimum Gasteiger partial charge on any atom is -0.393 e. The van der Waals surface area contributed by atoms with Crippen LogP contribution in [0.1, 0.15) is 113 Å². The van der Waals surface area contributed by atoms with Crippen molar-refractivity contribution in [2.75, 3.05) is 0 Å². The zero-order valence-corrected chi connectivity index (χ0v) is 21.0. The molecule has 0 amide bonds. The molecule has 0 bridgehead atoms. The summed E-state index contributed by atoms with van der Waals surface area (Å²) in [5.74, 6) is 3.13. The molecule has 0 heterocycles. The fourth-order valence-corrected chi connectivity index (χ4v) is 8.63. The van der Waals surface area contributed by atoms with Gasteiger partial charge in [-0.05, 0) is 96.0 Å². The van der Waals surface area contributed by atoms with Crippen LogP contribution in [0.3, 0.4) is 0 Å². The third-order valence-electron chi connectivity index (χ3n) is 10.6. The lowest BCUT2D eigenvalue weighted by atomic mass is 9.46. The Hall–Kier alpha value is -0.560. The maximum absolute atomic E-state index is 10.8. The molecule has 1 nitrogen and oxygen atoms in total. The van der Waals surface area contributed by atoms with Gasteiger partial charge in [-0.3, -0.25) is 0 Å². The summed E-state index contributed by atoms with van der Waals surface area (Å²) in [6.45, 7) is 17.1. The molecule has 0 aromatic rings. The van der Waals surface area contributed by atoms with E-state index in [0.29, 0.717) is 16.7 Å². The molecule has 0 aromatic carbocycles. The third-order valence-corrected chi connectivity index (χ3v) is 10.6. The molecule has 0 aliphatic heterocycles. The first kappa shape index (κ1) is 22.6. The third kappa shape index (κ3) is 3.37. The molecule has 0 radical (unpaired) electrons. The van der Waals surface area contributed by atoms with Gasteiger partial charge in [-0.2, -0.15) is 0 Å². The van der Waals surface area contributed by atoms with Gasteiger partial charge in [0.15, 0.2) is 0 Å². The van der Waals surface area contributed by atoms with E-state index < -0.39 is 0 Å². The van der Waals surface area contributed by atoms with Gasteiger partial charge in [0.25, 0.3) is 0 Å². The number of fused-ring (bicyclic) bond motifs is 4. The molecular formula is C29H48O. The summed E-state index contributed by atoms with van der Waals surface area (Å²) >= 11 is 0. The van der Waals surface area contributed by atoms with Crippen molar-refractivity contribution in [3.05, 3.63) is 22.8 Å². The lowest BCUT2D eigenvalue weighted by Crippen LogP contribution is -2.53. The van der Waals surface area contributed by atoms with Gasteiger partial charge < -0.3 is 5.11 Å². The maximum atomic E-state index is 10.8. The van der Waals surface area contributed by atoms with Crippen molar-refractivity contribution in [3.63, 3.8) is 0 Å². The Morgan fingerprint density at radius 2 is 1.70 bits per heavy atom. The minimum atomic E-state index is -0.131. The first-order valence-corrected chi connectivity index (χ1v) is 13.1. The molecule has 0 spiro atoms. The van der Waals surface area contributed by atoms with Crippen LogP contribution in [0.2, 0.25) is 0 Å². The van der Waals surface area contributed by atoms with Gasteiger partial charge in [0, 0.05) is 0 Å². The van der Waals surface area contributed by atoms with Crippen LogP contribution in [0, 0.1) is 39.9 Å². The van der Waals surface area contributed by atoms with E-state index in [1.165, 1.54) is 57.8 Å². The van der Waals surface area contributed by atoms with Gasteiger partial charge in [0.05, 0.1) is 6.10 Å². The fraction of sp³-hybridized carbons (Fsp3) is 0.862. The summed E-state index contributed by atoms with van der Waals surface area (Å²) in [6.07, 6.45) is 15.3. The zero-order chi connectivity index (χ0) is 21.9. The highest BCUT2D eigenvalue weighted by Crippen LogP contribution is 2.66. The Morgan fingerprint density at radius 1 is 0.967 bits per heavy atom. The lowest BCUT2D eigenvalue weighted by Gasteiger charge is -2.59. The van der Waals surface area contributed by atoms with E-state index in [-0.39, 0.29) is 11.5 Å². The number of hydrogen-bond acceptors (Lipinski definition) is 1. The molecule has 6 atom stereocenters.